The standard InChI is InChI=1S/C22H19N/c1-2-6-16(7-3-1)21-20-15-22(14-19(20)10-11-23-21)12-17-8-4-5-9-18(17)13-22/h1-11H,12-15H2. The average molecular weight is 297 g/mol. The van der Waals surface area contributed by atoms with E-state index in [1.54, 1.807) is 11.1 Å². The molecule has 23 heavy (non-hydrogen) atoms. The minimum Gasteiger partial charge on any atom is -0.256 e. The molecule has 0 radical (unpaired) electrons. The average Bonchev–Trinajstić information content (AvgIpc) is 3.13. The van der Waals surface area contributed by atoms with Crippen LogP contribution in [-0.2, 0) is 25.7 Å². The summed E-state index contributed by atoms with van der Waals surface area (Å²) >= 11 is 0. The van der Waals surface area contributed by atoms with Gasteiger partial charge in [0.15, 0.2) is 0 Å². The van der Waals surface area contributed by atoms with E-state index in [1.165, 1.54) is 41.6 Å². The molecule has 0 atom stereocenters. The van der Waals surface area contributed by atoms with Crippen molar-refractivity contribution in [2.45, 2.75) is 25.7 Å². The molecule has 0 N–H and O–H groups in total. The second-order valence-electron chi connectivity index (χ2n) is 7.14. The van der Waals surface area contributed by atoms with Gasteiger partial charge in [-0.3, -0.25) is 4.98 Å². The number of fused-ring (bicyclic) bond motifs is 2. The number of nitrogens with zero attached hydrogens (tertiary/aromatic N) is 1. The van der Waals surface area contributed by atoms with Crippen LogP contribution in [0.25, 0.3) is 11.3 Å². The van der Waals surface area contributed by atoms with Crippen LogP contribution < -0.4 is 0 Å². The second-order valence-corrected chi connectivity index (χ2v) is 7.14. The first-order valence-electron chi connectivity index (χ1n) is 8.42. The highest BCUT2D eigenvalue weighted by molar-refractivity contribution is 5.66. The monoisotopic (exact) mass is 297 g/mol. The minimum absolute atomic E-state index is 0.387. The summed E-state index contributed by atoms with van der Waals surface area (Å²) < 4.78 is 0. The molecule has 1 aromatic heterocycles. The Balaban J connectivity index is 1.56. The van der Waals surface area contributed by atoms with Gasteiger partial charge >= 0.3 is 0 Å². The second kappa shape index (κ2) is 4.79. The number of hydrogen-bond acceptors (Lipinski definition) is 1. The van der Waals surface area contributed by atoms with Gasteiger partial charge in [0.2, 0.25) is 0 Å². The molecule has 1 heteroatoms. The maximum absolute atomic E-state index is 4.72. The van der Waals surface area contributed by atoms with Gasteiger partial charge in [0, 0.05) is 11.8 Å². The van der Waals surface area contributed by atoms with Crippen LogP contribution in [0.4, 0.5) is 0 Å². The van der Waals surface area contributed by atoms with E-state index in [9.17, 15) is 0 Å². The fourth-order valence-corrected chi connectivity index (χ4v) is 4.60. The van der Waals surface area contributed by atoms with Gasteiger partial charge in [-0.15, -0.1) is 0 Å². The molecule has 2 aliphatic carbocycles. The summed E-state index contributed by atoms with van der Waals surface area (Å²) in [5.74, 6) is 0. The lowest BCUT2D eigenvalue weighted by Gasteiger charge is -2.22. The molecule has 3 aromatic rings. The van der Waals surface area contributed by atoms with E-state index < -0.39 is 0 Å². The molecular weight excluding hydrogens is 278 g/mol. The van der Waals surface area contributed by atoms with Crippen molar-refractivity contribution in [1.82, 2.24) is 4.98 Å². The van der Waals surface area contributed by atoms with E-state index in [1.807, 2.05) is 6.20 Å². The summed E-state index contributed by atoms with van der Waals surface area (Å²) in [7, 11) is 0. The molecule has 1 spiro atoms. The summed E-state index contributed by atoms with van der Waals surface area (Å²) in [4.78, 5) is 4.72. The predicted octanol–water partition coefficient (Wildman–Crippen LogP) is 4.63. The summed E-state index contributed by atoms with van der Waals surface area (Å²) in [6.07, 6.45) is 6.77. The Labute approximate surface area is 137 Å². The third kappa shape index (κ3) is 2.03. The van der Waals surface area contributed by atoms with Crippen LogP contribution >= 0.6 is 0 Å². The maximum Gasteiger partial charge on any atom is 0.0736 e. The molecule has 2 aromatic carbocycles. The molecule has 0 amide bonds. The zero-order valence-corrected chi connectivity index (χ0v) is 13.1. The molecule has 0 aliphatic heterocycles. The topological polar surface area (TPSA) is 12.9 Å². The quantitative estimate of drug-likeness (QED) is 0.638. The van der Waals surface area contributed by atoms with Crippen molar-refractivity contribution in [3.8, 4) is 11.3 Å². The van der Waals surface area contributed by atoms with Crippen molar-refractivity contribution < 1.29 is 0 Å². The smallest absolute Gasteiger partial charge is 0.0736 e. The van der Waals surface area contributed by atoms with Crippen molar-refractivity contribution in [1.29, 1.82) is 0 Å². The number of pyridine rings is 1. The molecule has 2 aliphatic rings. The Morgan fingerprint density at radius 2 is 1.30 bits per heavy atom. The number of aromatic nitrogens is 1. The fourth-order valence-electron chi connectivity index (χ4n) is 4.60. The first-order chi connectivity index (χ1) is 11.3. The Bertz CT molecular complexity index is 854. The highest BCUT2D eigenvalue weighted by Crippen LogP contribution is 2.48. The lowest BCUT2D eigenvalue weighted by molar-refractivity contribution is 0.326. The molecular formula is C22H19N. The van der Waals surface area contributed by atoms with Gasteiger partial charge in [0.25, 0.3) is 0 Å². The molecule has 0 saturated heterocycles. The largest absolute Gasteiger partial charge is 0.256 e. The third-order valence-electron chi connectivity index (χ3n) is 5.57. The van der Waals surface area contributed by atoms with Crippen LogP contribution in [0.3, 0.4) is 0 Å². The van der Waals surface area contributed by atoms with E-state index in [0.717, 1.165) is 6.42 Å². The minimum atomic E-state index is 0.387. The van der Waals surface area contributed by atoms with Crippen LogP contribution in [0.1, 0.15) is 22.3 Å². The molecule has 0 fully saturated rings. The van der Waals surface area contributed by atoms with Crippen molar-refractivity contribution in [3.63, 3.8) is 0 Å². The lowest BCUT2D eigenvalue weighted by atomic mass is 9.81. The first kappa shape index (κ1) is 13.1. The molecule has 112 valence electrons. The maximum atomic E-state index is 4.72. The summed E-state index contributed by atoms with van der Waals surface area (Å²) in [5.41, 5.74) is 8.91. The van der Waals surface area contributed by atoms with Crippen molar-refractivity contribution in [2.24, 2.45) is 5.41 Å². The Kier molecular flexibility index (Phi) is 2.72. The van der Waals surface area contributed by atoms with Crippen LogP contribution in [-0.4, -0.2) is 4.98 Å². The SMILES string of the molecule is c1ccc(-c2nccc3c2CC2(Cc4ccccc4C2)C3)cc1. The molecule has 0 bridgehead atoms. The van der Waals surface area contributed by atoms with Crippen molar-refractivity contribution in [3.05, 3.63) is 89.1 Å². The van der Waals surface area contributed by atoms with Crippen molar-refractivity contribution in [2.75, 3.05) is 0 Å². The molecule has 0 saturated carbocycles. The van der Waals surface area contributed by atoms with Crippen LogP contribution in [0.15, 0.2) is 66.9 Å². The van der Waals surface area contributed by atoms with Crippen LogP contribution in [0, 0.1) is 5.41 Å². The Morgan fingerprint density at radius 1 is 0.652 bits per heavy atom. The van der Waals surface area contributed by atoms with Gasteiger partial charge in [-0.05, 0) is 59.4 Å². The summed E-state index contributed by atoms with van der Waals surface area (Å²) in [6.45, 7) is 0. The Hall–Kier alpha value is -2.41. The molecule has 0 unspecified atom stereocenters. The van der Waals surface area contributed by atoms with E-state index in [0.29, 0.717) is 5.41 Å². The number of rotatable bonds is 1. The van der Waals surface area contributed by atoms with Gasteiger partial charge in [0.05, 0.1) is 5.69 Å². The highest BCUT2D eigenvalue weighted by atomic mass is 14.7. The van der Waals surface area contributed by atoms with E-state index in [-0.39, 0.29) is 0 Å². The normalized spacial score (nSPS) is 17.2. The van der Waals surface area contributed by atoms with Gasteiger partial charge in [0.1, 0.15) is 0 Å². The number of hydrogen-bond donors (Lipinski definition) is 0. The summed E-state index contributed by atoms with van der Waals surface area (Å²) in [6, 6.07) is 21.8. The zero-order chi connectivity index (χ0) is 15.3. The van der Waals surface area contributed by atoms with E-state index in [4.69, 9.17) is 4.98 Å². The van der Waals surface area contributed by atoms with Gasteiger partial charge in [-0.25, -0.2) is 0 Å². The third-order valence-corrected chi connectivity index (χ3v) is 5.57. The van der Waals surface area contributed by atoms with Crippen molar-refractivity contribution >= 4 is 0 Å². The summed E-state index contributed by atoms with van der Waals surface area (Å²) in [5, 5.41) is 0. The highest BCUT2D eigenvalue weighted by Gasteiger charge is 2.42. The predicted molar refractivity (Wildman–Crippen MR) is 93.4 cm³/mol. The lowest BCUT2D eigenvalue weighted by Crippen LogP contribution is -2.21. The fraction of sp³-hybridized carbons (Fsp3) is 0.227. The van der Waals surface area contributed by atoms with Crippen LogP contribution in [0.2, 0.25) is 0 Å². The molecule has 1 heterocycles. The van der Waals surface area contributed by atoms with E-state index in [2.05, 4.69) is 60.7 Å². The zero-order valence-electron chi connectivity index (χ0n) is 13.1. The Morgan fingerprint density at radius 3 is 2.04 bits per heavy atom. The van der Waals surface area contributed by atoms with Crippen LogP contribution in [0.5, 0.6) is 0 Å². The first-order valence-corrected chi connectivity index (χ1v) is 8.42. The van der Waals surface area contributed by atoms with E-state index >= 15 is 0 Å². The van der Waals surface area contributed by atoms with Gasteiger partial charge in [-0.2, -0.15) is 0 Å². The van der Waals surface area contributed by atoms with Gasteiger partial charge < -0.3 is 0 Å². The number of benzene rings is 2. The molecule has 5 rings (SSSR count). The molecule has 1 nitrogen and oxygen atoms in total. The van der Waals surface area contributed by atoms with Gasteiger partial charge in [-0.1, -0.05) is 54.6 Å².